The summed E-state index contributed by atoms with van der Waals surface area (Å²) in [7, 11) is 0. The number of nitrogens with zero attached hydrogens (tertiary/aromatic N) is 2. The topological polar surface area (TPSA) is 46.4 Å². The third-order valence-corrected chi connectivity index (χ3v) is 4.42. The van der Waals surface area contributed by atoms with Crippen LogP contribution in [0.5, 0.6) is 0 Å². The number of imidazole rings is 1. The second-order valence-electron chi connectivity index (χ2n) is 5.18. The first kappa shape index (κ1) is 14.8. The molecule has 0 atom stereocenters. The summed E-state index contributed by atoms with van der Waals surface area (Å²) in [6.45, 7) is 2.00. The van der Waals surface area contributed by atoms with E-state index in [9.17, 15) is 4.79 Å². The van der Waals surface area contributed by atoms with Gasteiger partial charge in [0.1, 0.15) is 5.82 Å². The first-order chi connectivity index (χ1) is 10.6. The molecule has 1 amide bonds. The number of amides is 1. The molecule has 0 aliphatic carbocycles. The summed E-state index contributed by atoms with van der Waals surface area (Å²) in [5, 5.41) is 2.92. The van der Waals surface area contributed by atoms with Gasteiger partial charge in [-0.3, -0.25) is 4.79 Å². The van der Waals surface area contributed by atoms with Crippen LogP contribution in [0.2, 0.25) is 0 Å². The van der Waals surface area contributed by atoms with Crippen LogP contribution in [-0.4, -0.2) is 15.3 Å². The molecule has 0 fully saturated rings. The Bertz CT molecular complexity index is 826. The number of hydrogen-bond donors (Lipinski definition) is 1. The Kier molecular flexibility index (Phi) is 4.24. The zero-order valence-electron chi connectivity index (χ0n) is 12.2. The fraction of sp³-hybridized carbons (Fsp3) is 0.176. The largest absolute Gasteiger partial charge is 0.326 e. The summed E-state index contributed by atoms with van der Waals surface area (Å²) in [5.74, 6) is 0.896. The fourth-order valence-electron chi connectivity index (χ4n) is 2.36. The van der Waals surface area contributed by atoms with E-state index >= 15 is 0 Å². The van der Waals surface area contributed by atoms with Crippen LogP contribution in [0.25, 0.3) is 5.52 Å². The summed E-state index contributed by atoms with van der Waals surface area (Å²) in [6, 6.07) is 11.7. The van der Waals surface area contributed by atoms with E-state index in [-0.39, 0.29) is 5.91 Å². The fourth-order valence-corrected chi connectivity index (χ4v) is 2.60. The van der Waals surface area contributed by atoms with Crippen LogP contribution in [0.4, 0.5) is 5.69 Å². The quantitative estimate of drug-likeness (QED) is 0.767. The van der Waals surface area contributed by atoms with Crippen molar-refractivity contribution in [3.63, 3.8) is 0 Å². The van der Waals surface area contributed by atoms with Crippen molar-refractivity contribution in [2.24, 2.45) is 0 Å². The average molecular weight is 358 g/mol. The zero-order chi connectivity index (χ0) is 15.5. The smallest absolute Gasteiger partial charge is 0.224 e. The summed E-state index contributed by atoms with van der Waals surface area (Å²) in [5.41, 5.74) is 2.96. The number of benzene rings is 1. The van der Waals surface area contributed by atoms with Gasteiger partial charge in [-0.1, -0.05) is 22.0 Å². The monoisotopic (exact) mass is 357 g/mol. The Morgan fingerprint density at radius 2 is 2.18 bits per heavy atom. The van der Waals surface area contributed by atoms with Crippen molar-refractivity contribution in [1.82, 2.24) is 9.38 Å². The Hall–Kier alpha value is -2.14. The maximum Gasteiger partial charge on any atom is 0.224 e. The second kappa shape index (κ2) is 6.32. The Labute approximate surface area is 137 Å². The minimum Gasteiger partial charge on any atom is -0.326 e. The third kappa shape index (κ3) is 3.20. The minimum absolute atomic E-state index is 0.00518. The van der Waals surface area contributed by atoms with Crippen molar-refractivity contribution < 1.29 is 4.79 Å². The lowest BCUT2D eigenvalue weighted by molar-refractivity contribution is -0.116. The van der Waals surface area contributed by atoms with Gasteiger partial charge in [0.15, 0.2) is 0 Å². The molecule has 112 valence electrons. The molecule has 0 aliphatic heterocycles. The van der Waals surface area contributed by atoms with Crippen LogP contribution >= 0.6 is 15.9 Å². The minimum atomic E-state index is -0.00518. The highest BCUT2D eigenvalue weighted by Gasteiger charge is 2.08. The maximum atomic E-state index is 12.1. The van der Waals surface area contributed by atoms with Crippen molar-refractivity contribution in [2.45, 2.75) is 19.8 Å². The molecule has 0 spiro atoms. The molecular weight excluding hydrogens is 342 g/mol. The van der Waals surface area contributed by atoms with E-state index in [1.165, 1.54) is 0 Å². The number of fused-ring (bicyclic) bond motifs is 1. The Balaban J connectivity index is 1.63. The molecule has 3 aromatic rings. The van der Waals surface area contributed by atoms with Crippen LogP contribution in [0.1, 0.15) is 17.8 Å². The number of anilines is 1. The van der Waals surface area contributed by atoms with Crippen LogP contribution in [0, 0.1) is 6.92 Å². The number of aryl methyl sites for hydroxylation is 2. The van der Waals surface area contributed by atoms with E-state index in [1.54, 1.807) is 0 Å². The van der Waals surface area contributed by atoms with Gasteiger partial charge in [-0.05, 0) is 42.8 Å². The molecule has 0 saturated heterocycles. The third-order valence-electron chi connectivity index (χ3n) is 3.53. The summed E-state index contributed by atoms with van der Waals surface area (Å²) >= 11 is 3.45. The molecule has 22 heavy (non-hydrogen) atoms. The first-order valence-corrected chi connectivity index (χ1v) is 7.90. The molecule has 2 heterocycles. The van der Waals surface area contributed by atoms with E-state index in [0.29, 0.717) is 12.8 Å². The van der Waals surface area contributed by atoms with Gasteiger partial charge >= 0.3 is 0 Å². The molecule has 3 rings (SSSR count). The van der Waals surface area contributed by atoms with E-state index in [1.807, 2.05) is 60.1 Å². The number of rotatable bonds is 4. The highest BCUT2D eigenvalue weighted by atomic mass is 79.9. The van der Waals surface area contributed by atoms with Crippen LogP contribution in [0.3, 0.4) is 0 Å². The lowest BCUT2D eigenvalue weighted by atomic mass is 10.2. The summed E-state index contributed by atoms with van der Waals surface area (Å²) < 4.78 is 3.05. The number of pyridine rings is 1. The molecule has 4 nitrogen and oxygen atoms in total. The molecule has 0 unspecified atom stereocenters. The Morgan fingerprint density at radius 1 is 1.32 bits per heavy atom. The van der Waals surface area contributed by atoms with E-state index in [0.717, 1.165) is 27.1 Å². The van der Waals surface area contributed by atoms with E-state index in [2.05, 4.69) is 26.2 Å². The normalized spacial score (nSPS) is 10.8. The van der Waals surface area contributed by atoms with Crippen molar-refractivity contribution in [2.75, 3.05) is 5.32 Å². The molecule has 1 aromatic carbocycles. The predicted octanol–water partition coefficient (Wildman–Crippen LogP) is 3.98. The van der Waals surface area contributed by atoms with E-state index in [4.69, 9.17) is 0 Å². The van der Waals surface area contributed by atoms with Crippen LogP contribution < -0.4 is 5.32 Å². The van der Waals surface area contributed by atoms with E-state index < -0.39 is 0 Å². The number of aromatic nitrogens is 2. The van der Waals surface area contributed by atoms with Gasteiger partial charge in [0.25, 0.3) is 0 Å². The molecule has 5 heteroatoms. The van der Waals surface area contributed by atoms with Gasteiger partial charge in [0.05, 0.1) is 11.7 Å². The highest BCUT2D eigenvalue weighted by molar-refractivity contribution is 9.10. The molecule has 1 N–H and O–H groups in total. The SMILES string of the molecule is Cc1cc(NC(=O)CCc2ncc3ccccn23)ccc1Br. The molecule has 0 aliphatic rings. The second-order valence-corrected chi connectivity index (χ2v) is 6.04. The maximum absolute atomic E-state index is 12.1. The van der Waals surface area contributed by atoms with Gasteiger partial charge in [-0.2, -0.15) is 0 Å². The summed E-state index contributed by atoms with van der Waals surface area (Å²) in [6.07, 6.45) is 4.81. The Morgan fingerprint density at radius 3 is 3.00 bits per heavy atom. The number of carbonyl (C=O) groups is 1. The lowest BCUT2D eigenvalue weighted by Crippen LogP contribution is -2.13. The molecule has 0 bridgehead atoms. The van der Waals surface area contributed by atoms with Gasteiger partial charge in [-0.15, -0.1) is 0 Å². The first-order valence-electron chi connectivity index (χ1n) is 7.10. The van der Waals surface area contributed by atoms with Crippen LogP contribution in [-0.2, 0) is 11.2 Å². The van der Waals surface area contributed by atoms with Gasteiger partial charge in [-0.25, -0.2) is 4.98 Å². The summed E-state index contributed by atoms with van der Waals surface area (Å²) in [4.78, 5) is 16.5. The van der Waals surface area contributed by atoms with Crippen molar-refractivity contribution in [1.29, 1.82) is 0 Å². The number of halogens is 1. The van der Waals surface area contributed by atoms with Gasteiger partial charge in [0.2, 0.25) is 5.91 Å². The number of carbonyl (C=O) groups excluding carboxylic acids is 1. The van der Waals surface area contributed by atoms with Crippen molar-refractivity contribution >= 4 is 33.0 Å². The van der Waals surface area contributed by atoms with Gasteiger partial charge < -0.3 is 9.72 Å². The van der Waals surface area contributed by atoms with Crippen molar-refractivity contribution in [3.05, 3.63) is 64.7 Å². The number of hydrogen-bond acceptors (Lipinski definition) is 2. The highest BCUT2D eigenvalue weighted by Crippen LogP contribution is 2.20. The lowest BCUT2D eigenvalue weighted by Gasteiger charge is -2.07. The van der Waals surface area contributed by atoms with Crippen LogP contribution in [0.15, 0.2) is 53.3 Å². The molecule has 2 aromatic heterocycles. The predicted molar refractivity (Wildman–Crippen MR) is 91.0 cm³/mol. The molecule has 0 saturated carbocycles. The standard InChI is InChI=1S/C17H16BrN3O/c1-12-10-13(5-6-15(12)18)20-17(22)8-7-16-19-11-14-4-2-3-9-21(14)16/h2-6,9-11H,7-8H2,1H3,(H,20,22). The van der Waals surface area contributed by atoms with Gasteiger partial charge in [0, 0.05) is 29.2 Å². The number of nitrogens with one attached hydrogen (secondary N) is 1. The average Bonchev–Trinajstić information content (AvgIpc) is 2.92. The van der Waals surface area contributed by atoms with Crippen molar-refractivity contribution in [3.8, 4) is 0 Å². The zero-order valence-corrected chi connectivity index (χ0v) is 13.8. The molecular formula is C17H16BrN3O. The molecule has 0 radical (unpaired) electrons.